The molecule has 0 aliphatic rings. The summed E-state index contributed by atoms with van der Waals surface area (Å²) < 4.78 is 24.3. The standard InChI is InChI=1S/C17H19FN2O3/c1-2-22-13-6-5-7-14(12-13)23-11-10-19-17(21)20-16-9-4-3-8-15(16)18/h3-9,12H,2,10-11H2,1H3,(H2,19,20,21). The molecule has 0 atom stereocenters. The van der Waals surface area contributed by atoms with E-state index in [2.05, 4.69) is 10.6 Å². The van der Waals surface area contributed by atoms with Gasteiger partial charge >= 0.3 is 6.03 Å². The van der Waals surface area contributed by atoms with E-state index in [9.17, 15) is 9.18 Å². The molecular formula is C17H19FN2O3. The number of benzene rings is 2. The Labute approximate surface area is 134 Å². The fourth-order valence-corrected chi connectivity index (χ4v) is 1.88. The number of carbonyl (C=O) groups is 1. The fraction of sp³-hybridized carbons (Fsp3) is 0.235. The van der Waals surface area contributed by atoms with Gasteiger partial charge in [-0.15, -0.1) is 0 Å². The Balaban J connectivity index is 1.72. The molecule has 0 aromatic heterocycles. The summed E-state index contributed by atoms with van der Waals surface area (Å²) in [7, 11) is 0. The first-order valence-electron chi connectivity index (χ1n) is 7.34. The predicted octanol–water partition coefficient (Wildman–Crippen LogP) is 3.42. The average molecular weight is 318 g/mol. The zero-order chi connectivity index (χ0) is 16.5. The number of carbonyl (C=O) groups excluding carboxylic acids is 1. The van der Waals surface area contributed by atoms with Gasteiger partial charge in [-0.05, 0) is 31.2 Å². The summed E-state index contributed by atoms with van der Waals surface area (Å²) in [5, 5.41) is 5.03. The first-order valence-corrected chi connectivity index (χ1v) is 7.34. The number of amides is 2. The first-order chi connectivity index (χ1) is 11.2. The van der Waals surface area contributed by atoms with Crippen LogP contribution in [-0.2, 0) is 0 Å². The van der Waals surface area contributed by atoms with Crippen LogP contribution in [-0.4, -0.2) is 25.8 Å². The van der Waals surface area contributed by atoms with Crippen LogP contribution in [0.15, 0.2) is 48.5 Å². The highest BCUT2D eigenvalue weighted by molar-refractivity contribution is 5.89. The van der Waals surface area contributed by atoms with Gasteiger partial charge in [-0.2, -0.15) is 0 Å². The first kappa shape index (κ1) is 16.6. The van der Waals surface area contributed by atoms with Crippen LogP contribution < -0.4 is 20.1 Å². The molecule has 0 aliphatic heterocycles. The summed E-state index contributed by atoms with van der Waals surface area (Å²) in [5.74, 6) is 0.911. The summed E-state index contributed by atoms with van der Waals surface area (Å²) in [4.78, 5) is 11.7. The van der Waals surface area contributed by atoms with Gasteiger partial charge in [0.1, 0.15) is 23.9 Å². The molecule has 2 amide bonds. The van der Waals surface area contributed by atoms with Crippen molar-refractivity contribution in [2.24, 2.45) is 0 Å². The third kappa shape index (κ3) is 5.50. The number of para-hydroxylation sites is 1. The maximum absolute atomic E-state index is 13.4. The zero-order valence-electron chi connectivity index (χ0n) is 12.8. The van der Waals surface area contributed by atoms with Crippen molar-refractivity contribution in [3.63, 3.8) is 0 Å². The maximum Gasteiger partial charge on any atom is 0.319 e. The average Bonchev–Trinajstić information content (AvgIpc) is 2.55. The number of anilines is 1. The molecule has 2 rings (SSSR count). The topological polar surface area (TPSA) is 59.6 Å². The number of halogens is 1. The van der Waals surface area contributed by atoms with Gasteiger partial charge in [0.15, 0.2) is 0 Å². The van der Waals surface area contributed by atoms with Crippen molar-refractivity contribution >= 4 is 11.7 Å². The molecule has 0 unspecified atom stereocenters. The largest absolute Gasteiger partial charge is 0.494 e. The van der Waals surface area contributed by atoms with Gasteiger partial charge < -0.3 is 20.1 Å². The van der Waals surface area contributed by atoms with Crippen LogP contribution in [0.5, 0.6) is 11.5 Å². The molecule has 0 heterocycles. The maximum atomic E-state index is 13.4. The SMILES string of the molecule is CCOc1cccc(OCCNC(=O)Nc2ccccc2F)c1. The van der Waals surface area contributed by atoms with E-state index in [4.69, 9.17) is 9.47 Å². The van der Waals surface area contributed by atoms with Crippen LogP contribution in [0.25, 0.3) is 0 Å². The number of nitrogens with one attached hydrogen (secondary N) is 2. The molecular weight excluding hydrogens is 299 g/mol. The normalized spacial score (nSPS) is 10.0. The Bertz CT molecular complexity index is 649. The summed E-state index contributed by atoms with van der Waals surface area (Å²) in [5.41, 5.74) is 0.135. The lowest BCUT2D eigenvalue weighted by Gasteiger charge is -2.10. The van der Waals surface area contributed by atoms with Crippen LogP contribution >= 0.6 is 0 Å². The van der Waals surface area contributed by atoms with E-state index in [1.165, 1.54) is 12.1 Å². The van der Waals surface area contributed by atoms with Gasteiger partial charge in [-0.1, -0.05) is 18.2 Å². The van der Waals surface area contributed by atoms with Gasteiger partial charge in [-0.25, -0.2) is 9.18 Å². The molecule has 0 saturated heterocycles. The van der Waals surface area contributed by atoms with E-state index in [0.29, 0.717) is 25.5 Å². The summed E-state index contributed by atoms with van der Waals surface area (Å²) in [6.07, 6.45) is 0. The minimum absolute atomic E-state index is 0.135. The van der Waals surface area contributed by atoms with Gasteiger partial charge in [0.05, 0.1) is 18.8 Å². The molecule has 0 aliphatic carbocycles. The van der Waals surface area contributed by atoms with E-state index in [-0.39, 0.29) is 5.69 Å². The van der Waals surface area contributed by atoms with Crippen LogP contribution in [0.3, 0.4) is 0 Å². The number of hydrogen-bond donors (Lipinski definition) is 2. The van der Waals surface area contributed by atoms with Gasteiger partial charge in [0, 0.05) is 6.07 Å². The lowest BCUT2D eigenvalue weighted by Crippen LogP contribution is -2.32. The monoisotopic (exact) mass is 318 g/mol. The Kier molecular flexibility index (Phi) is 6.23. The third-order valence-corrected chi connectivity index (χ3v) is 2.89. The van der Waals surface area contributed by atoms with E-state index in [0.717, 1.165) is 5.75 Å². The van der Waals surface area contributed by atoms with Gasteiger partial charge in [-0.3, -0.25) is 0 Å². The van der Waals surface area contributed by atoms with Crippen LogP contribution in [0.4, 0.5) is 14.9 Å². The van der Waals surface area contributed by atoms with Crippen molar-refractivity contribution in [2.75, 3.05) is 25.1 Å². The predicted molar refractivity (Wildman–Crippen MR) is 86.5 cm³/mol. The number of rotatable bonds is 7. The van der Waals surface area contributed by atoms with Crippen LogP contribution in [0, 0.1) is 5.82 Å². The van der Waals surface area contributed by atoms with E-state index < -0.39 is 11.8 Å². The fourth-order valence-electron chi connectivity index (χ4n) is 1.88. The Hall–Kier alpha value is -2.76. The lowest BCUT2D eigenvalue weighted by molar-refractivity contribution is 0.247. The quantitative estimate of drug-likeness (QED) is 0.769. The molecule has 0 fully saturated rings. The summed E-state index contributed by atoms with van der Waals surface area (Å²) in [6, 6.07) is 12.8. The van der Waals surface area contributed by atoms with E-state index in [1.807, 2.05) is 25.1 Å². The molecule has 23 heavy (non-hydrogen) atoms. The minimum atomic E-state index is -0.484. The summed E-state index contributed by atoms with van der Waals surface area (Å²) >= 11 is 0. The highest BCUT2D eigenvalue weighted by Crippen LogP contribution is 2.19. The molecule has 0 radical (unpaired) electrons. The molecule has 5 nitrogen and oxygen atoms in total. The Morgan fingerprint density at radius 3 is 2.57 bits per heavy atom. The number of hydrogen-bond acceptors (Lipinski definition) is 3. The number of ether oxygens (including phenoxy) is 2. The van der Waals surface area contributed by atoms with E-state index >= 15 is 0 Å². The molecule has 2 aromatic rings. The van der Waals surface area contributed by atoms with Crippen molar-refractivity contribution in [2.45, 2.75) is 6.92 Å². The Morgan fingerprint density at radius 1 is 1.09 bits per heavy atom. The van der Waals surface area contributed by atoms with E-state index in [1.54, 1.807) is 18.2 Å². The molecule has 122 valence electrons. The van der Waals surface area contributed by atoms with Gasteiger partial charge in [0.25, 0.3) is 0 Å². The minimum Gasteiger partial charge on any atom is -0.494 e. The van der Waals surface area contributed by atoms with Crippen molar-refractivity contribution in [1.29, 1.82) is 0 Å². The van der Waals surface area contributed by atoms with Crippen LogP contribution in [0.2, 0.25) is 0 Å². The second kappa shape index (κ2) is 8.63. The molecule has 0 bridgehead atoms. The van der Waals surface area contributed by atoms with Crippen molar-refractivity contribution in [3.05, 3.63) is 54.3 Å². The second-order valence-electron chi connectivity index (χ2n) is 4.62. The Morgan fingerprint density at radius 2 is 1.83 bits per heavy atom. The molecule has 2 aromatic carbocycles. The molecule has 6 heteroatoms. The van der Waals surface area contributed by atoms with Crippen molar-refractivity contribution < 1.29 is 18.7 Å². The third-order valence-electron chi connectivity index (χ3n) is 2.89. The lowest BCUT2D eigenvalue weighted by atomic mass is 10.3. The zero-order valence-corrected chi connectivity index (χ0v) is 12.8. The molecule has 0 spiro atoms. The second-order valence-corrected chi connectivity index (χ2v) is 4.62. The van der Waals surface area contributed by atoms with Crippen molar-refractivity contribution in [1.82, 2.24) is 5.32 Å². The highest BCUT2D eigenvalue weighted by Gasteiger charge is 2.05. The molecule has 0 saturated carbocycles. The number of urea groups is 1. The van der Waals surface area contributed by atoms with Gasteiger partial charge in [0.2, 0.25) is 0 Å². The molecule has 2 N–H and O–H groups in total. The van der Waals surface area contributed by atoms with Crippen molar-refractivity contribution in [3.8, 4) is 11.5 Å². The smallest absolute Gasteiger partial charge is 0.319 e. The van der Waals surface area contributed by atoms with Crippen LogP contribution in [0.1, 0.15) is 6.92 Å². The summed E-state index contributed by atoms with van der Waals surface area (Å²) in [6.45, 7) is 3.08. The highest BCUT2D eigenvalue weighted by atomic mass is 19.1.